The molecule has 136 valence electrons. The van der Waals surface area contributed by atoms with Gasteiger partial charge in [-0.25, -0.2) is 0 Å². The molecule has 0 spiro atoms. The summed E-state index contributed by atoms with van der Waals surface area (Å²) in [5.74, 6) is 1.03. The highest BCUT2D eigenvalue weighted by Crippen LogP contribution is 2.29. The van der Waals surface area contributed by atoms with E-state index in [1.165, 1.54) is 11.8 Å². The van der Waals surface area contributed by atoms with Gasteiger partial charge in [-0.2, -0.15) is 0 Å². The predicted octanol–water partition coefficient (Wildman–Crippen LogP) is 2.37. The number of fused-ring (bicyclic) bond motifs is 1. The smallest absolute Gasteiger partial charge is 0.231 e. The fourth-order valence-corrected chi connectivity index (χ4v) is 3.86. The van der Waals surface area contributed by atoms with E-state index in [9.17, 15) is 9.59 Å². The second-order valence-corrected chi connectivity index (χ2v) is 7.23. The van der Waals surface area contributed by atoms with Gasteiger partial charge in [0, 0.05) is 43.3 Å². The minimum atomic E-state index is -0.00161. The van der Waals surface area contributed by atoms with E-state index >= 15 is 0 Å². The predicted molar refractivity (Wildman–Crippen MR) is 103 cm³/mol. The molecule has 0 saturated heterocycles. The van der Waals surface area contributed by atoms with Crippen LogP contribution in [0.4, 0.5) is 5.69 Å². The Kier molecular flexibility index (Phi) is 4.49. The van der Waals surface area contributed by atoms with Crippen molar-refractivity contribution in [1.29, 1.82) is 0 Å². The molecule has 4 rings (SSSR count). The third kappa shape index (κ3) is 3.23. The highest BCUT2D eigenvalue weighted by molar-refractivity contribution is 7.99. The van der Waals surface area contributed by atoms with E-state index in [2.05, 4.69) is 15.2 Å². The SMILES string of the molecule is CN1C(=O)Cc2cc(C(=O)CSc3nnc(-c4ccncc4)n3C)ccc21. The zero-order valence-corrected chi connectivity index (χ0v) is 15.7. The largest absolute Gasteiger partial charge is 0.315 e. The summed E-state index contributed by atoms with van der Waals surface area (Å²) in [5.41, 5.74) is 3.31. The van der Waals surface area contributed by atoms with Gasteiger partial charge in [0.15, 0.2) is 16.8 Å². The number of aromatic nitrogens is 4. The van der Waals surface area contributed by atoms with E-state index in [1.807, 2.05) is 35.9 Å². The van der Waals surface area contributed by atoms with Crippen LogP contribution in [0.25, 0.3) is 11.4 Å². The first-order valence-corrected chi connectivity index (χ1v) is 9.38. The molecule has 0 bridgehead atoms. The van der Waals surface area contributed by atoms with Crippen LogP contribution in [0.5, 0.6) is 0 Å². The number of hydrogen-bond acceptors (Lipinski definition) is 6. The van der Waals surface area contributed by atoms with Gasteiger partial charge in [-0.1, -0.05) is 11.8 Å². The topological polar surface area (TPSA) is 81.0 Å². The molecule has 0 unspecified atom stereocenters. The summed E-state index contributed by atoms with van der Waals surface area (Å²) in [5, 5.41) is 9.07. The zero-order valence-electron chi connectivity index (χ0n) is 14.9. The summed E-state index contributed by atoms with van der Waals surface area (Å²) in [6.07, 6.45) is 3.76. The number of likely N-dealkylation sites (N-methyl/N-ethyl adjacent to an activating group) is 1. The summed E-state index contributed by atoms with van der Waals surface area (Å²) in [6, 6.07) is 9.16. The van der Waals surface area contributed by atoms with Crippen molar-refractivity contribution in [2.24, 2.45) is 7.05 Å². The van der Waals surface area contributed by atoms with E-state index in [0.29, 0.717) is 17.1 Å². The molecule has 0 fully saturated rings. The van der Waals surface area contributed by atoms with Gasteiger partial charge in [0.2, 0.25) is 5.91 Å². The van der Waals surface area contributed by atoms with Gasteiger partial charge in [0.25, 0.3) is 0 Å². The van der Waals surface area contributed by atoms with Gasteiger partial charge in [-0.15, -0.1) is 10.2 Å². The lowest BCUT2D eigenvalue weighted by atomic mass is 10.1. The molecule has 7 nitrogen and oxygen atoms in total. The van der Waals surface area contributed by atoms with Crippen LogP contribution in [0.3, 0.4) is 0 Å². The van der Waals surface area contributed by atoms with Crippen molar-refractivity contribution in [3.63, 3.8) is 0 Å². The Bertz CT molecular complexity index is 1030. The van der Waals surface area contributed by atoms with Crippen LogP contribution in [0.1, 0.15) is 15.9 Å². The molecule has 0 aliphatic carbocycles. The highest BCUT2D eigenvalue weighted by atomic mass is 32.2. The number of Topliss-reactive ketones (excluding diaryl/α,β-unsaturated/α-hetero) is 1. The molecule has 1 aliphatic rings. The molecule has 27 heavy (non-hydrogen) atoms. The fraction of sp³-hybridized carbons (Fsp3) is 0.211. The number of anilines is 1. The number of benzene rings is 1. The maximum atomic E-state index is 12.6. The van der Waals surface area contributed by atoms with Crippen molar-refractivity contribution in [3.05, 3.63) is 53.9 Å². The molecule has 8 heteroatoms. The molecule has 1 aliphatic heterocycles. The molecule has 2 aromatic heterocycles. The van der Waals surface area contributed by atoms with Crippen molar-refractivity contribution >= 4 is 29.1 Å². The van der Waals surface area contributed by atoms with Gasteiger partial charge in [-0.05, 0) is 35.9 Å². The first-order chi connectivity index (χ1) is 13.0. The minimum absolute atomic E-state index is 0.00161. The maximum absolute atomic E-state index is 12.6. The Balaban J connectivity index is 1.47. The number of amides is 1. The maximum Gasteiger partial charge on any atom is 0.231 e. The molecular weight excluding hydrogens is 362 g/mol. The number of nitrogens with zero attached hydrogens (tertiary/aromatic N) is 5. The molecule has 3 heterocycles. The normalized spacial score (nSPS) is 13.1. The lowest BCUT2D eigenvalue weighted by Crippen LogP contribution is -2.20. The van der Waals surface area contributed by atoms with Crippen LogP contribution in [-0.2, 0) is 18.3 Å². The molecule has 1 aromatic carbocycles. The number of hydrogen-bond donors (Lipinski definition) is 0. The summed E-state index contributed by atoms with van der Waals surface area (Å²) < 4.78 is 1.86. The Morgan fingerprint density at radius 3 is 2.70 bits per heavy atom. The number of ketones is 1. The third-order valence-electron chi connectivity index (χ3n) is 4.58. The van der Waals surface area contributed by atoms with Crippen LogP contribution in [0, 0.1) is 0 Å². The third-order valence-corrected chi connectivity index (χ3v) is 5.60. The second kappa shape index (κ2) is 6.96. The number of carbonyl (C=O) groups excluding carboxylic acids is 2. The Hall–Kier alpha value is -3.00. The molecule has 0 saturated carbocycles. The molecular formula is C19H17N5O2S. The van der Waals surface area contributed by atoms with Crippen molar-refractivity contribution in [2.75, 3.05) is 17.7 Å². The van der Waals surface area contributed by atoms with Crippen molar-refractivity contribution in [2.45, 2.75) is 11.6 Å². The number of carbonyl (C=O) groups is 2. The zero-order chi connectivity index (χ0) is 19.0. The van der Waals surface area contributed by atoms with Crippen LogP contribution in [-0.4, -0.2) is 44.2 Å². The van der Waals surface area contributed by atoms with E-state index < -0.39 is 0 Å². The molecule has 1 amide bonds. The highest BCUT2D eigenvalue weighted by Gasteiger charge is 2.25. The Morgan fingerprint density at radius 2 is 1.93 bits per heavy atom. The van der Waals surface area contributed by atoms with E-state index in [1.54, 1.807) is 30.4 Å². The standard InChI is InChI=1S/C19H17N5O2S/c1-23-15-4-3-13(9-14(15)10-17(23)26)16(25)11-27-19-22-21-18(24(19)2)12-5-7-20-8-6-12/h3-9H,10-11H2,1-2H3. The van der Waals surface area contributed by atoms with Gasteiger partial charge in [0.05, 0.1) is 12.2 Å². The molecule has 0 radical (unpaired) electrons. The van der Waals surface area contributed by atoms with Gasteiger partial charge in [-0.3, -0.25) is 14.6 Å². The lowest BCUT2D eigenvalue weighted by Gasteiger charge is -2.10. The van der Waals surface area contributed by atoms with Crippen LogP contribution < -0.4 is 4.90 Å². The van der Waals surface area contributed by atoms with Crippen molar-refractivity contribution in [1.82, 2.24) is 19.7 Å². The first-order valence-electron chi connectivity index (χ1n) is 8.40. The average Bonchev–Trinajstić information content (AvgIpc) is 3.19. The number of thioether (sulfide) groups is 1. The number of pyridine rings is 1. The van der Waals surface area contributed by atoms with Crippen LogP contribution in [0.15, 0.2) is 47.9 Å². The molecule has 3 aromatic rings. The quantitative estimate of drug-likeness (QED) is 0.500. The summed E-state index contributed by atoms with van der Waals surface area (Å²) in [6.45, 7) is 0. The monoisotopic (exact) mass is 379 g/mol. The summed E-state index contributed by atoms with van der Waals surface area (Å²) in [7, 11) is 3.62. The summed E-state index contributed by atoms with van der Waals surface area (Å²) in [4.78, 5) is 30.0. The average molecular weight is 379 g/mol. The fourth-order valence-electron chi connectivity index (χ4n) is 3.05. The molecule has 0 N–H and O–H groups in total. The van der Waals surface area contributed by atoms with Crippen LogP contribution in [0.2, 0.25) is 0 Å². The van der Waals surface area contributed by atoms with E-state index in [-0.39, 0.29) is 17.4 Å². The summed E-state index contributed by atoms with van der Waals surface area (Å²) >= 11 is 1.35. The molecule has 0 atom stereocenters. The second-order valence-electron chi connectivity index (χ2n) is 6.29. The first kappa shape index (κ1) is 17.4. The van der Waals surface area contributed by atoms with Crippen LogP contribution >= 0.6 is 11.8 Å². The van der Waals surface area contributed by atoms with Gasteiger partial charge >= 0.3 is 0 Å². The van der Waals surface area contributed by atoms with Crippen molar-refractivity contribution < 1.29 is 9.59 Å². The van der Waals surface area contributed by atoms with E-state index in [4.69, 9.17) is 0 Å². The lowest BCUT2D eigenvalue weighted by molar-refractivity contribution is -0.117. The Morgan fingerprint density at radius 1 is 1.15 bits per heavy atom. The van der Waals surface area contributed by atoms with E-state index in [0.717, 1.165) is 22.6 Å². The minimum Gasteiger partial charge on any atom is -0.315 e. The number of rotatable bonds is 5. The van der Waals surface area contributed by atoms with Gasteiger partial charge in [0.1, 0.15) is 0 Å². The van der Waals surface area contributed by atoms with Crippen molar-refractivity contribution in [3.8, 4) is 11.4 Å². The Labute approximate surface area is 160 Å². The van der Waals surface area contributed by atoms with Gasteiger partial charge < -0.3 is 9.47 Å².